The maximum absolute atomic E-state index is 12.9. The number of aromatic nitrogens is 1. The Balaban J connectivity index is 1.26. The molecule has 2 fully saturated rings. The molecule has 1 aromatic carbocycles. The molecule has 1 aromatic heterocycles. The largest absolute Gasteiger partial charge is 0.416 e. The number of pyridine rings is 1. The second-order valence-corrected chi connectivity index (χ2v) is 9.95. The van der Waals surface area contributed by atoms with Crippen molar-refractivity contribution >= 4 is 17.7 Å². The highest BCUT2D eigenvalue weighted by Gasteiger charge is 2.42. The molecule has 0 spiro atoms. The molecular formula is C26H27F3N4O4. The monoisotopic (exact) mass is 516 g/mol. The highest BCUT2D eigenvalue weighted by Crippen LogP contribution is 2.37. The van der Waals surface area contributed by atoms with Crippen LogP contribution in [0.25, 0.3) is 0 Å². The summed E-state index contributed by atoms with van der Waals surface area (Å²) in [4.78, 5) is 44.8. The molecular weight excluding hydrogens is 489 g/mol. The molecule has 0 aliphatic carbocycles. The topological polar surface area (TPSA) is 103 Å². The summed E-state index contributed by atoms with van der Waals surface area (Å²) in [6, 6.07) is 7.55. The molecule has 0 bridgehead atoms. The lowest BCUT2D eigenvalue weighted by atomic mass is 9.86. The van der Waals surface area contributed by atoms with E-state index >= 15 is 0 Å². The molecule has 37 heavy (non-hydrogen) atoms. The maximum Gasteiger partial charge on any atom is 0.416 e. The highest BCUT2D eigenvalue weighted by molar-refractivity contribution is 6.05. The number of alkyl halides is 3. The molecule has 5 rings (SSSR count). The van der Waals surface area contributed by atoms with Gasteiger partial charge in [0.25, 0.3) is 5.91 Å². The first-order valence-electron chi connectivity index (χ1n) is 12.2. The molecule has 3 aliphatic heterocycles. The number of aliphatic hydroxyl groups is 1. The number of halogens is 3. The van der Waals surface area contributed by atoms with Gasteiger partial charge in [0, 0.05) is 25.6 Å². The summed E-state index contributed by atoms with van der Waals surface area (Å²) in [5.41, 5.74) is 0.184. The first-order valence-corrected chi connectivity index (χ1v) is 12.2. The Morgan fingerprint density at radius 1 is 1.08 bits per heavy atom. The average Bonchev–Trinajstić information content (AvgIpc) is 3.19. The number of nitrogens with zero attached hydrogens (tertiary/aromatic N) is 3. The number of carbonyl (C=O) groups is 3. The van der Waals surface area contributed by atoms with Crippen LogP contribution >= 0.6 is 0 Å². The number of piperidine rings is 2. The number of benzene rings is 1. The van der Waals surface area contributed by atoms with Gasteiger partial charge in [0.05, 0.1) is 29.1 Å². The summed E-state index contributed by atoms with van der Waals surface area (Å²) in [6.07, 6.45) is -3.22. The molecule has 3 aliphatic rings. The van der Waals surface area contributed by atoms with Gasteiger partial charge in [-0.3, -0.25) is 29.6 Å². The fraction of sp³-hybridized carbons (Fsp3) is 0.462. The van der Waals surface area contributed by atoms with E-state index in [1.165, 1.54) is 17.0 Å². The minimum absolute atomic E-state index is 0.125. The average molecular weight is 517 g/mol. The van der Waals surface area contributed by atoms with Crippen LogP contribution < -0.4 is 5.32 Å². The van der Waals surface area contributed by atoms with Crippen molar-refractivity contribution in [2.75, 3.05) is 13.1 Å². The van der Waals surface area contributed by atoms with E-state index < -0.39 is 29.3 Å². The fourth-order valence-electron chi connectivity index (χ4n) is 5.39. The van der Waals surface area contributed by atoms with E-state index in [4.69, 9.17) is 0 Å². The third-order valence-corrected chi connectivity index (χ3v) is 7.74. The quantitative estimate of drug-likeness (QED) is 0.606. The summed E-state index contributed by atoms with van der Waals surface area (Å²) >= 11 is 0. The number of nitrogens with one attached hydrogen (secondary N) is 1. The van der Waals surface area contributed by atoms with Gasteiger partial charge < -0.3 is 10.0 Å². The Kier molecular flexibility index (Phi) is 6.31. The molecule has 8 nitrogen and oxygen atoms in total. The zero-order valence-electron chi connectivity index (χ0n) is 20.2. The van der Waals surface area contributed by atoms with Crippen molar-refractivity contribution in [1.29, 1.82) is 0 Å². The molecule has 2 N–H and O–H groups in total. The van der Waals surface area contributed by atoms with Crippen LogP contribution in [0.5, 0.6) is 0 Å². The second kappa shape index (κ2) is 9.21. The Labute approximate surface area is 211 Å². The summed E-state index contributed by atoms with van der Waals surface area (Å²) in [5, 5.41) is 13.7. The second-order valence-electron chi connectivity index (χ2n) is 9.95. The van der Waals surface area contributed by atoms with Gasteiger partial charge in [0.1, 0.15) is 11.6 Å². The third-order valence-electron chi connectivity index (χ3n) is 7.74. The van der Waals surface area contributed by atoms with Crippen LogP contribution in [0.3, 0.4) is 0 Å². The summed E-state index contributed by atoms with van der Waals surface area (Å²) < 4.78 is 38.6. The van der Waals surface area contributed by atoms with Gasteiger partial charge in [-0.1, -0.05) is 12.1 Å². The van der Waals surface area contributed by atoms with Gasteiger partial charge in [0.2, 0.25) is 11.8 Å². The summed E-state index contributed by atoms with van der Waals surface area (Å²) in [6.45, 7) is 3.08. The molecule has 1 unspecified atom stereocenters. The Morgan fingerprint density at radius 2 is 1.76 bits per heavy atom. The van der Waals surface area contributed by atoms with Gasteiger partial charge in [-0.2, -0.15) is 13.2 Å². The van der Waals surface area contributed by atoms with E-state index in [1.54, 1.807) is 12.1 Å². The zero-order chi connectivity index (χ0) is 26.5. The predicted octanol–water partition coefficient (Wildman–Crippen LogP) is 2.91. The van der Waals surface area contributed by atoms with Gasteiger partial charge in [-0.25, -0.2) is 0 Å². The first-order chi connectivity index (χ1) is 17.5. The molecule has 2 atom stereocenters. The smallest absolute Gasteiger partial charge is 0.383 e. The van der Waals surface area contributed by atoms with Gasteiger partial charge in [-0.05, 0) is 56.0 Å². The number of imide groups is 1. The third kappa shape index (κ3) is 4.73. The van der Waals surface area contributed by atoms with Crippen LogP contribution in [0, 0.1) is 0 Å². The highest BCUT2D eigenvalue weighted by atomic mass is 19.4. The van der Waals surface area contributed by atoms with Crippen LogP contribution in [0.15, 0.2) is 36.4 Å². The number of hydrogen-bond donors (Lipinski definition) is 2. The zero-order valence-corrected chi connectivity index (χ0v) is 20.2. The van der Waals surface area contributed by atoms with Crippen LogP contribution in [-0.4, -0.2) is 56.7 Å². The van der Waals surface area contributed by atoms with E-state index in [1.807, 2.05) is 6.92 Å². The van der Waals surface area contributed by atoms with E-state index in [9.17, 15) is 32.7 Å². The van der Waals surface area contributed by atoms with Gasteiger partial charge in [0.15, 0.2) is 0 Å². The fourth-order valence-corrected chi connectivity index (χ4v) is 5.39. The lowest BCUT2D eigenvalue weighted by Crippen LogP contribution is -2.52. The molecule has 3 amide bonds. The molecule has 0 saturated carbocycles. The van der Waals surface area contributed by atoms with E-state index in [0.717, 1.165) is 17.7 Å². The standard InChI is InChI=1S/C26H27F3N4O4/c1-15(16-2-4-17(5-3-16)26(27,28)29)32-12-10-25(37,11-13-32)21-8-6-18-19(30-21)14-33(24(18)36)20-7-9-22(34)31-23(20)35/h2-6,8,15,20,37H,7,9-14H2,1H3,(H,31,34,35)/t15-,20?/m0/s1. The maximum atomic E-state index is 12.9. The van der Waals surface area contributed by atoms with Crippen LogP contribution in [0.4, 0.5) is 13.2 Å². The molecule has 4 heterocycles. The number of amides is 3. The molecule has 11 heteroatoms. The van der Waals surface area contributed by atoms with E-state index in [2.05, 4.69) is 15.2 Å². The molecule has 0 radical (unpaired) electrons. The minimum Gasteiger partial charge on any atom is -0.383 e. The van der Waals surface area contributed by atoms with Crippen molar-refractivity contribution in [2.24, 2.45) is 0 Å². The van der Waals surface area contributed by atoms with Crippen molar-refractivity contribution in [2.45, 2.75) is 63.0 Å². The number of fused-ring (bicyclic) bond motifs is 1. The van der Waals surface area contributed by atoms with Crippen molar-refractivity contribution in [1.82, 2.24) is 20.1 Å². The van der Waals surface area contributed by atoms with E-state index in [0.29, 0.717) is 42.9 Å². The van der Waals surface area contributed by atoms with Gasteiger partial charge >= 0.3 is 6.18 Å². The molecule has 2 saturated heterocycles. The predicted molar refractivity (Wildman–Crippen MR) is 125 cm³/mol. The number of rotatable bonds is 4. The van der Waals surface area contributed by atoms with Crippen molar-refractivity contribution < 1.29 is 32.7 Å². The summed E-state index contributed by atoms with van der Waals surface area (Å²) in [5.74, 6) is -1.17. The number of hydrogen-bond acceptors (Lipinski definition) is 6. The Morgan fingerprint density at radius 3 is 2.38 bits per heavy atom. The Hall–Kier alpha value is -3.31. The Bertz CT molecular complexity index is 1240. The van der Waals surface area contributed by atoms with Gasteiger partial charge in [-0.15, -0.1) is 0 Å². The lowest BCUT2D eigenvalue weighted by molar-refractivity contribution is -0.138. The van der Waals surface area contributed by atoms with Crippen LogP contribution in [-0.2, 0) is 27.9 Å². The SMILES string of the molecule is C[C@@H](c1ccc(C(F)(F)F)cc1)N1CCC(O)(c2ccc3c(n2)CN(C2CCC(=O)NC2=O)C3=O)CC1. The van der Waals surface area contributed by atoms with Crippen molar-refractivity contribution in [3.63, 3.8) is 0 Å². The molecule has 2 aromatic rings. The lowest BCUT2D eigenvalue weighted by Gasteiger charge is -2.40. The van der Waals surface area contributed by atoms with E-state index in [-0.39, 0.29) is 37.2 Å². The van der Waals surface area contributed by atoms with Crippen LogP contribution in [0.2, 0.25) is 0 Å². The normalized spacial score (nSPS) is 23.1. The summed E-state index contributed by atoms with van der Waals surface area (Å²) in [7, 11) is 0. The number of carbonyl (C=O) groups excluding carboxylic acids is 3. The minimum atomic E-state index is -4.38. The van der Waals surface area contributed by atoms with Crippen molar-refractivity contribution in [3.8, 4) is 0 Å². The molecule has 196 valence electrons. The number of likely N-dealkylation sites (tertiary alicyclic amines) is 1. The van der Waals surface area contributed by atoms with Crippen LogP contribution in [0.1, 0.15) is 71.5 Å². The first kappa shape index (κ1) is 25.3. The van der Waals surface area contributed by atoms with Crippen molar-refractivity contribution in [3.05, 3.63) is 64.5 Å².